The van der Waals surface area contributed by atoms with Crippen LogP contribution in [0, 0.1) is 10.1 Å². The van der Waals surface area contributed by atoms with Gasteiger partial charge >= 0.3 is 0 Å². The maximum atomic E-state index is 10.9. The Kier molecular flexibility index (Phi) is 4.91. The normalized spacial score (nSPS) is 12.1. The van der Waals surface area contributed by atoms with E-state index in [0.717, 1.165) is 11.1 Å². The number of nitrogens with two attached hydrogens (primary N) is 1. The van der Waals surface area contributed by atoms with Crippen molar-refractivity contribution in [2.24, 2.45) is 0 Å². The molecule has 0 aliphatic heterocycles. The maximum absolute atomic E-state index is 10.9. The number of nitro groups is 1. The SMILES string of the molecule is C[C@H](Sc1nnc(-c2cccc(Cl)c2)n1N)c1cccc([N+](=O)[O-])c1. The lowest BCUT2D eigenvalue weighted by molar-refractivity contribution is -0.384. The van der Waals surface area contributed by atoms with Gasteiger partial charge in [0.05, 0.1) is 4.92 Å². The molecule has 0 radical (unpaired) electrons. The monoisotopic (exact) mass is 375 g/mol. The number of halogens is 1. The van der Waals surface area contributed by atoms with E-state index in [1.807, 2.05) is 25.1 Å². The van der Waals surface area contributed by atoms with Crippen molar-refractivity contribution in [3.8, 4) is 11.4 Å². The minimum atomic E-state index is -0.413. The standard InChI is InChI=1S/C16H14ClN5O2S/c1-10(11-4-3-7-14(9-11)22(23)24)25-16-20-19-15(21(16)18)12-5-2-6-13(17)8-12/h2-10H,18H2,1H3/t10-/m0/s1. The summed E-state index contributed by atoms with van der Waals surface area (Å²) in [5.41, 5.74) is 1.63. The Hall–Kier alpha value is -2.58. The van der Waals surface area contributed by atoms with E-state index in [1.165, 1.54) is 22.5 Å². The lowest BCUT2D eigenvalue weighted by atomic mass is 10.1. The van der Waals surface area contributed by atoms with Crippen LogP contribution in [-0.4, -0.2) is 19.8 Å². The first-order valence-corrected chi connectivity index (χ1v) is 8.59. The van der Waals surface area contributed by atoms with Gasteiger partial charge in [-0.15, -0.1) is 10.2 Å². The number of aromatic nitrogens is 3. The van der Waals surface area contributed by atoms with Crippen molar-refractivity contribution in [1.29, 1.82) is 0 Å². The third-order valence-electron chi connectivity index (χ3n) is 3.58. The highest BCUT2D eigenvalue weighted by atomic mass is 35.5. The molecule has 0 saturated heterocycles. The summed E-state index contributed by atoms with van der Waals surface area (Å²) < 4.78 is 1.39. The maximum Gasteiger partial charge on any atom is 0.269 e. The van der Waals surface area contributed by atoms with E-state index in [4.69, 9.17) is 17.4 Å². The highest BCUT2D eigenvalue weighted by Gasteiger charge is 2.18. The highest BCUT2D eigenvalue weighted by Crippen LogP contribution is 2.35. The second kappa shape index (κ2) is 7.12. The molecule has 0 aliphatic rings. The van der Waals surface area contributed by atoms with Crippen molar-refractivity contribution in [2.75, 3.05) is 5.84 Å². The number of nitrogen functional groups attached to an aromatic ring is 1. The highest BCUT2D eigenvalue weighted by molar-refractivity contribution is 7.99. The molecule has 0 fully saturated rings. The van der Waals surface area contributed by atoms with Crippen molar-refractivity contribution in [2.45, 2.75) is 17.3 Å². The van der Waals surface area contributed by atoms with E-state index < -0.39 is 4.92 Å². The first-order chi connectivity index (χ1) is 12.0. The molecule has 2 N–H and O–H groups in total. The number of hydrogen-bond acceptors (Lipinski definition) is 6. The molecule has 7 nitrogen and oxygen atoms in total. The van der Waals surface area contributed by atoms with Crippen LogP contribution < -0.4 is 5.84 Å². The molecule has 1 aromatic heterocycles. The van der Waals surface area contributed by atoms with Crippen LogP contribution in [0.2, 0.25) is 5.02 Å². The number of rotatable bonds is 5. The zero-order chi connectivity index (χ0) is 18.0. The summed E-state index contributed by atoms with van der Waals surface area (Å²) in [4.78, 5) is 10.5. The Labute approximate surface area is 152 Å². The van der Waals surface area contributed by atoms with Crippen LogP contribution >= 0.6 is 23.4 Å². The van der Waals surface area contributed by atoms with Gasteiger partial charge in [-0.05, 0) is 24.6 Å². The first-order valence-electron chi connectivity index (χ1n) is 7.33. The number of nitro benzene ring substituents is 1. The molecular weight excluding hydrogens is 362 g/mol. The van der Waals surface area contributed by atoms with Crippen LogP contribution in [0.5, 0.6) is 0 Å². The Morgan fingerprint density at radius 1 is 1.24 bits per heavy atom. The Morgan fingerprint density at radius 3 is 2.72 bits per heavy atom. The third-order valence-corrected chi connectivity index (χ3v) is 4.93. The van der Waals surface area contributed by atoms with Crippen molar-refractivity contribution in [3.63, 3.8) is 0 Å². The Bertz CT molecular complexity index is 930. The minimum Gasteiger partial charge on any atom is -0.335 e. The molecule has 3 aromatic rings. The summed E-state index contributed by atoms with van der Waals surface area (Å²) in [6.07, 6.45) is 0. The number of hydrogen-bond donors (Lipinski definition) is 1. The van der Waals surface area contributed by atoms with Gasteiger partial charge in [-0.3, -0.25) is 10.1 Å². The van der Waals surface area contributed by atoms with E-state index in [9.17, 15) is 10.1 Å². The van der Waals surface area contributed by atoms with E-state index >= 15 is 0 Å². The molecule has 128 valence electrons. The van der Waals surface area contributed by atoms with Gasteiger partial charge in [-0.1, -0.05) is 47.6 Å². The summed E-state index contributed by atoms with van der Waals surface area (Å²) in [7, 11) is 0. The van der Waals surface area contributed by atoms with Crippen LogP contribution in [-0.2, 0) is 0 Å². The van der Waals surface area contributed by atoms with Gasteiger partial charge in [0.1, 0.15) is 0 Å². The van der Waals surface area contributed by atoms with E-state index in [1.54, 1.807) is 24.3 Å². The zero-order valence-electron chi connectivity index (χ0n) is 13.2. The van der Waals surface area contributed by atoms with Gasteiger partial charge in [0.15, 0.2) is 5.82 Å². The van der Waals surface area contributed by atoms with E-state index in [2.05, 4.69) is 10.2 Å². The van der Waals surface area contributed by atoms with Crippen LogP contribution in [0.25, 0.3) is 11.4 Å². The van der Waals surface area contributed by atoms with Gasteiger partial charge in [0.25, 0.3) is 5.69 Å². The number of benzene rings is 2. The molecule has 25 heavy (non-hydrogen) atoms. The predicted octanol–water partition coefficient (Wildman–Crippen LogP) is 4.07. The molecule has 2 aromatic carbocycles. The molecular formula is C16H14ClN5O2S. The second-order valence-electron chi connectivity index (χ2n) is 5.30. The summed E-state index contributed by atoms with van der Waals surface area (Å²) >= 11 is 7.37. The molecule has 0 unspecified atom stereocenters. The smallest absolute Gasteiger partial charge is 0.269 e. The van der Waals surface area contributed by atoms with Gasteiger partial charge < -0.3 is 5.84 Å². The van der Waals surface area contributed by atoms with Gasteiger partial charge in [0.2, 0.25) is 5.16 Å². The Balaban J connectivity index is 1.84. The van der Waals surface area contributed by atoms with Crippen molar-refractivity contribution in [1.82, 2.24) is 14.9 Å². The fourth-order valence-electron chi connectivity index (χ4n) is 2.30. The Morgan fingerprint density at radius 2 is 2.00 bits per heavy atom. The molecule has 0 spiro atoms. The largest absolute Gasteiger partial charge is 0.335 e. The quantitative estimate of drug-likeness (QED) is 0.312. The first kappa shape index (κ1) is 17.2. The van der Waals surface area contributed by atoms with Gasteiger partial charge in [-0.25, -0.2) is 4.68 Å². The average Bonchev–Trinajstić information content (AvgIpc) is 2.95. The fourth-order valence-corrected chi connectivity index (χ4v) is 3.38. The molecule has 9 heteroatoms. The van der Waals surface area contributed by atoms with Gasteiger partial charge in [0, 0.05) is 28.0 Å². The minimum absolute atomic E-state index is 0.0544. The van der Waals surface area contributed by atoms with Crippen LogP contribution in [0.3, 0.4) is 0 Å². The number of nitrogens with zero attached hydrogens (tertiary/aromatic N) is 4. The molecule has 0 bridgehead atoms. The summed E-state index contributed by atoms with van der Waals surface area (Å²) in [6.45, 7) is 1.93. The summed E-state index contributed by atoms with van der Waals surface area (Å²) in [6, 6.07) is 13.7. The molecule has 3 rings (SSSR count). The molecule has 1 atom stereocenters. The van der Waals surface area contributed by atoms with E-state index in [-0.39, 0.29) is 10.9 Å². The van der Waals surface area contributed by atoms with Crippen molar-refractivity contribution < 1.29 is 4.92 Å². The van der Waals surface area contributed by atoms with Gasteiger partial charge in [-0.2, -0.15) is 0 Å². The molecule has 0 saturated carbocycles. The fraction of sp³-hybridized carbons (Fsp3) is 0.125. The summed E-state index contributed by atoms with van der Waals surface area (Å²) in [5, 5.41) is 20.2. The lowest BCUT2D eigenvalue weighted by Crippen LogP contribution is -2.12. The molecule has 0 amide bonds. The third kappa shape index (κ3) is 3.75. The number of thioether (sulfide) groups is 1. The summed E-state index contributed by atoms with van der Waals surface area (Å²) in [5.74, 6) is 6.61. The predicted molar refractivity (Wildman–Crippen MR) is 98.0 cm³/mol. The topological polar surface area (TPSA) is 99.9 Å². The average molecular weight is 376 g/mol. The zero-order valence-corrected chi connectivity index (χ0v) is 14.7. The number of non-ortho nitro benzene ring substituents is 1. The van der Waals surface area contributed by atoms with Crippen molar-refractivity contribution in [3.05, 3.63) is 69.2 Å². The molecule has 0 aliphatic carbocycles. The van der Waals surface area contributed by atoms with E-state index in [0.29, 0.717) is 16.0 Å². The van der Waals surface area contributed by atoms with Crippen molar-refractivity contribution >= 4 is 29.1 Å². The van der Waals surface area contributed by atoms with Crippen LogP contribution in [0.1, 0.15) is 17.7 Å². The van der Waals surface area contributed by atoms with Crippen LogP contribution in [0.15, 0.2) is 53.7 Å². The van der Waals surface area contributed by atoms with Crippen LogP contribution in [0.4, 0.5) is 5.69 Å². The molecule has 1 heterocycles. The second-order valence-corrected chi connectivity index (χ2v) is 7.04. The lowest BCUT2D eigenvalue weighted by Gasteiger charge is -2.11.